The van der Waals surface area contributed by atoms with E-state index in [1.165, 1.54) is 17.0 Å². The van der Waals surface area contributed by atoms with E-state index in [1.54, 1.807) is 28.8 Å². The number of hydrogen-bond donors (Lipinski definition) is 0. The number of alkyl halides is 3. The van der Waals surface area contributed by atoms with Crippen LogP contribution >= 0.6 is 0 Å². The van der Waals surface area contributed by atoms with E-state index in [0.717, 1.165) is 12.1 Å². The maximum Gasteiger partial charge on any atom is 0.416 e. The second-order valence-electron chi connectivity index (χ2n) is 7.54. The number of carbonyl (C=O) groups is 1. The Labute approximate surface area is 184 Å². The van der Waals surface area contributed by atoms with E-state index in [0.29, 0.717) is 42.7 Å². The average Bonchev–Trinajstić information content (AvgIpc) is 2.78. The molecule has 0 N–H and O–H groups in total. The lowest BCUT2D eigenvalue weighted by Crippen LogP contribution is -2.39. The highest BCUT2D eigenvalue weighted by Gasteiger charge is 2.33. The molecule has 3 rings (SSSR count). The van der Waals surface area contributed by atoms with E-state index >= 15 is 0 Å². The van der Waals surface area contributed by atoms with Crippen molar-refractivity contribution in [1.82, 2.24) is 14.5 Å². The van der Waals surface area contributed by atoms with E-state index in [9.17, 15) is 22.8 Å². The summed E-state index contributed by atoms with van der Waals surface area (Å²) in [5.41, 5.74) is -0.590. The van der Waals surface area contributed by atoms with Gasteiger partial charge in [-0.3, -0.25) is 14.2 Å². The van der Waals surface area contributed by atoms with E-state index in [1.807, 2.05) is 20.8 Å². The van der Waals surface area contributed by atoms with Crippen molar-refractivity contribution < 1.29 is 18.0 Å². The minimum atomic E-state index is -4.54. The van der Waals surface area contributed by atoms with Crippen LogP contribution in [0.4, 0.5) is 13.2 Å². The van der Waals surface area contributed by atoms with Gasteiger partial charge in [0.25, 0.3) is 11.5 Å². The van der Waals surface area contributed by atoms with Gasteiger partial charge in [0.15, 0.2) is 0 Å². The van der Waals surface area contributed by atoms with Gasteiger partial charge in [0.2, 0.25) is 0 Å². The molecule has 170 valence electrons. The van der Waals surface area contributed by atoms with E-state index in [-0.39, 0.29) is 11.1 Å². The largest absolute Gasteiger partial charge is 0.416 e. The van der Waals surface area contributed by atoms with Crippen LogP contribution in [0.5, 0.6) is 0 Å². The number of amides is 1. The Morgan fingerprint density at radius 1 is 1.09 bits per heavy atom. The molecule has 1 aromatic heterocycles. The van der Waals surface area contributed by atoms with Gasteiger partial charge in [0.1, 0.15) is 5.82 Å². The zero-order valence-electron chi connectivity index (χ0n) is 18.3. The van der Waals surface area contributed by atoms with Crippen molar-refractivity contribution in [3.63, 3.8) is 0 Å². The van der Waals surface area contributed by atoms with Crippen molar-refractivity contribution in [2.75, 3.05) is 6.54 Å². The molecule has 1 heterocycles. The molecule has 1 atom stereocenters. The van der Waals surface area contributed by atoms with Crippen LogP contribution in [0.15, 0.2) is 53.3 Å². The SMILES string of the molecule is CCCN(C(=O)c1cccc(C(F)(F)F)c1)C(CC)c1nc2ccccc2c(=O)n1CC. The highest BCUT2D eigenvalue weighted by Crippen LogP contribution is 2.31. The number of hydrogen-bond acceptors (Lipinski definition) is 3. The number of para-hydroxylation sites is 1. The molecule has 1 unspecified atom stereocenters. The molecule has 1 amide bonds. The summed E-state index contributed by atoms with van der Waals surface area (Å²) in [6.07, 6.45) is -3.49. The number of halogens is 3. The summed E-state index contributed by atoms with van der Waals surface area (Å²) < 4.78 is 41.1. The highest BCUT2D eigenvalue weighted by atomic mass is 19.4. The molecule has 0 spiro atoms. The first-order valence-corrected chi connectivity index (χ1v) is 10.7. The Morgan fingerprint density at radius 2 is 1.81 bits per heavy atom. The van der Waals surface area contributed by atoms with E-state index in [4.69, 9.17) is 4.98 Å². The Bertz CT molecular complexity index is 1170. The summed E-state index contributed by atoms with van der Waals surface area (Å²) in [5, 5.41) is 0.485. The van der Waals surface area contributed by atoms with Gasteiger partial charge in [-0.25, -0.2) is 4.98 Å². The number of benzene rings is 2. The van der Waals surface area contributed by atoms with Crippen LogP contribution in [0.3, 0.4) is 0 Å². The summed E-state index contributed by atoms with van der Waals surface area (Å²) in [7, 11) is 0. The molecule has 0 aliphatic carbocycles. The molecule has 3 aromatic rings. The number of rotatable bonds is 7. The molecule has 0 fully saturated rings. The maximum absolute atomic E-state index is 13.4. The lowest BCUT2D eigenvalue weighted by atomic mass is 10.1. The fourth-order valence-electron chi connectivity index (χ4n) is 3.92. The van der Waals surface area contributed by atoms with E-state index < -0.39 is 23.7 Å². The maximum atomic E-state index is 13.4. The predicted octanol–water partition coefficient (Wildman–Crippen LogP) is 5.44. The van der Waals surface area contributed by atoms with Crippen LogP contribution in [-0.2, 0) is 12.7 Å². The van der Waals surface area contributed by atoms with Crippen molar-refractivity contribution in [3.05, 3.63) is 75.8 Å². The number of aromatic nitrogens is 2. The van der Waals surface area contributed by atoms with Crippen molar-refractivity contribution in [3.8, 4) is 0 Å². The van der Waals surface area contributed by atoms with Gasteiger partial charge in [-0.05, 0) is 50.1 Å². The fraction of sp³-hybridized carbons (Fsp3) is 0.375. The minimum Gasteiger partial charge on any atom is -0.328 e. The number of fused-ring (bicyclic) bond motifs is 1. The Hall–Kier alpha value is -3.16. The quantitative estimate of drug-likeness (QED) is 0.487. The molecule has 0 aliphatic heterocycles. The van der Waals surface area contributed by atoms with E-state index in [2.05, 4.69) is 0 Å². The van der Waals surface area contributed by atoms with Gasteiger partial charge in [0.05, 0.1) is 22.5 Å². The topological polar surface area (TPSA) is 55.2 Å². The van der Waals surface area contributed by atoms with Crippen LogP contribution in [0, 0.1) is 0 Å². The molecule has 0 bridgehead atoms. The molecule has 0 radical (unpaired) electrons. The van der Waals surface area contributed by atoms with Crippen LogP contribution in [-0.4, -0.2) is 26.9 Å². The monoisotopic (exact) mass is 445 g/mol. The molecule has 32 heavy (non-hydrogen) atoms. The molecule has 5 nitrogen and oxygen atoms in total. The van der Waals surface area contributed by atoms with Crippen LogP contribution < -0.4 is 5.56 Å². The van der Waals surface area contributed by atoms with Gasteiger partial charge < -0.3 is 4.90 Å². The summed E-state index contributed by atoms with van der Waals surface area (Å²) >= 11 is 0. The number of nitrogens with zero attached hydrogens (tertiary/aromatic N) is 3. The van der Waals surface area contributed by atoms with Crippen molar-refractivity contribution in [2.45, 2.75) is 52.4 Å². The second kappa shape index (κ2) is 9.54. The summed E-state index contributed by atoms with van der Waals surface area (Å²) in [5.74, 6) is -0.0812. The Kier molecular flexibility index (Phi) is 7.01. The fourth-order valence-corrected chi connectivity index (χ4v) is 3.92. The third-order valence-electron chi connectivity index (χ3n) is 5.43. The predicted molar refractivity (Wildman–Crippen MR) is 117 cm³/mol. The van der Waals surface area contributed by atoms with Crippen molar-refractivity contribution >= 4 is 16.8 Å². The highest BCUT2D eigenvalue weighted by molar-refractivity contribution is 5.94. The third-order valence-corrected chi connectivity index (χ3v) is 5.43. The molecular formula is C24H26F3N3O2. The summed E-state index contributed by atoms with van der Waals surface area (Å²) in [6.45, 7) is 6.26. The van der Waals surface area contributed by atoms with Gasteiger partial charge in [-0.1, -0.05) is 32.0 Å². The van der Waals surface area contributed by atoms with Crippen LogP contribution in [0.2, 0.25) is 0 Å². The molecular weight excluding hydrogens is 419 g/mol. The number of carbonyl (C=O) groups excluding carboxylic acids is 1. The Balaban J connectivity index is 2.13. The van der Waals surface area contributed by atoms with Gasteiger partial charge in [0, 0.05) is 18.7 Å². The van der Waals surface area contributed by atoms with Gasteiger partial charge in [-0.15, -0.1) is 0 Å². The molecule has 0 saturated heterocycles. The molecule has 0 aliphatic rings. The summed E-state index contributed by atoms with van der Waals surface area (Å²) in [4.78, 5) is 32.7. The van der Waals surface area contributed by atoms with Crippen LogP contribution in [0.1, 0.15) is 61.4 Å². The van der Waals surface area contributed by atoms with Crippen molar-refractivity contribution in [1.29, 1.82) is 0 Å². The first-order valence-electron chi connectivity index (χ1n) is 10.7. The van der Waals surface area contributed by atoms with Crippen LogP contribution in [0.25, 0.3) is 10.9 Å². The standard InChI is InChI=1S/C24H26F3N3O2/c1-4-14-30(22(31)16-10-9-11-17(15-16)24(25,26)27)20(5-2)21-28-19-13-8-7-12-18(19)23(32)29(21)6-3/h7-13,15,20H,4-6,14H2,1-3H3. The molecule has 2 aromatic carbocycles. The molecule has 0 saturated carbocycles. The second-order valence-corrected chi connectivity index (χ2v) is 7.54. The first kappa shape index (κ1) is 23.5. The average molecular weight is 445 g/mol. The molecule has 8 heteroatoms. The lowest BCUT2D eigenvalue weighted by molar-refractivity contribution is -0.137. The third kappa shape index (κ3) is 4.54. The van der Waals surface area contributed by atoms with Gasteiger partial charge >= 0.3 is 6.18 Å². The smallest absolute Gasteiger partial charge is 0.328 e. The lowest BCUT2D eigenvalue weighted by Gasteiger charge is -2.32. The van der Waals surface area contributed by atoms with Crippen molar-refractivity contribution in [2.24, 2.45) is 0 Å². The zero-order valence-corrected chi connectivity index (χ0v) is 18.3. The Morgan fingerprint density at radius 3 is 2.44 bits per heavy atom. The normalized spacial score (nSPS) is 12.7. The first-order chi connectivity index (χ1) is 15.2. The minimum absolute atomic E-state index is 0.0436. The van der Waals surface area contributed by atoms with Gasteiger partial charge in [-0.2, -0.15) is 13.2 Å². The summed E-state index contributed by atoms with van der Waals surface area (Å²) in [6, 6.07) is 10.9. The zero-order chi connectivity index (χ0) is 23.5.